The van der Waals surface area contributed by atoms with Crippen molar-refractivity contribution in [3.63, 3.8) is 0 Å². The Balaban J connectivity index is 1.67. The standard InChI is InChI=1S/C20H23N3OS/c1-15(16-9-4-2-5-10-16)25-20-22-21-19(18-13-8-14-24-18)23(20)17-11-6-3-7-12-17/h2,4-5,8-10,13-15,17H,3,6-7,11-12H2,1H3. The Kier molecular flexibility index (Phi) is 4.92. The van der Waals surface area contributed by atoms with Crippen molar-refractivity contribution in [1.82, 2.24) is 14.8 Å². The van der Waals surface area contributed by atoms with Crippen LogP contribution in [-0.2, 0) is 0 Å². The first-order valence-electron chi connectivity index (χ1n) is 9.03. The lowest BCUT2D eigenvalue weighted by atomic mass is 9.95. The minimum Gasteiger partial charge on any atom is -0.461 e. The van der Waals surface area contributed by atoms with Crippen molar-refractivity contribution in [2.24, 2.45) is 0 Å². The molecule has 0 bridgehead atoms. The Morgan fingerprint density at radius 3 is 2.56 bits per heavy atom. The lowest BCUT2D eigenvalue weighted by Crippen LogP contribution is -2.15. The maximum atomic E-state index is 5.62. The van der Waals surface area contributed by atoms with Gasteiger partial charge in [0.1, 0.15) is 0 Å². The molecule has 4 nitrogen and oxygen atoms in total. The molecular formula is C20H23N3OS. The highest BCUT2D eigenvalue weighted by Crippen LogP contribution is 2.40. The van der Waals surface area contributed by atoms with Crippen LogP contribution in [-0.4, -0.2) is 14.8 Å². The van der Waals surface area contributed by atoms with Crippen molar-refractivity contribution in [3.05, 3.63) is 54.3 Å². The van der Waals surface area contributed by atoms with E-state index in [4.69, 9.17) is 4.42 Å². The van der Waals surface area contributed by atoms with Gasteiger partial charge in [-0.05, 0) is 37.5 Å². The molecule has 3 aromatic rings. The van der Waals surface area contributed by atoms with E-state index in [1.165, 1.54) is 37.7 Å². The molecule has 1 saturated carbocycles. The van der Waals surface area contributed by atoms with Crippen LogP contribution in [0.25, 0.3) is 11.6 Å². The van der Waals surface area contributed by atoms with E-state index in [9.17, 15) is 0 Å². The van der Waals surface area contributed by atoms with Crippen molar-refractivity contribution in [1.29, 1.82) is 0 Å². The lowest BCUT2D eigenvalue weighted by Gasteiger charge is -2.25. The van der Waals surface area contributed by atoms with Gasteiger partial charge in [0.25, 0.3) is 0 Å². The molecule has 25 heavy (non-hydrogen) atoms. The number of furan rings is 1. The van der Waals surface area contributed by atoms with Crippen molar-refractivity contribution in [2.45, 2.75) is 55.5 Å². The van der Waals surface area contributed by atoms with Crippen molar-refractivity contribution in [2.75, 3.05) is 0 Å². The molecule has 1 aliphatic rings. The summed E-state index contributed by atoms with van der Waals surface area (Å²) in [5.41, 5.74) is 1.31. The molecule has 5 heteroatoms. The summed E-state index contributed by atoms with van der Waals surface area (Å²) in [7, 11) is 0. The van der Waals surface area contributed by atoms with E-state index in [1.807, 2.05) is 12.1 Å². The van der Waals surface area contributed by atoms with E-state index in [-0.39, 0.29) is 0 Å². The molecule has 0 aliphatic heterocycles. The number of thioether (sulfide) groups is 1. The van der Waals surface area contributed by atoms with Crippen molar-refractivity contribution < 1.29 is 4.42 Å². The Morgan fingerprint density at radius 1 is 1.04 bits per heavy atom. The topological polar surface area (TPSA) is 43.9 Å². The predicted molar refractivity (Wildman–Crippen MR) is 101 cm³/mol. The molecular weight excluding hydrogens is 330 g/mol. The first-order valence-corrected chi connectivity index (χ1v) is 9.91. The van der Waals surface area contributed by atoms with E-state index >= 15 is 0 Å². The summed E-state index contributed by atoms with van der Waals surface area (Å²) in [6.07, 6.45) is 7.97. The Labute approximate surface area is 152 Å². The van der Waals surface area contributed by atoms with Crippen molar-refractivity contribution >= 4 is 11.8 Å². The van der Waals surface area contributed by atoms with Crippen LogP contribution >= 0.6 is 11.8 Å². The normalized spacial score (nSPS) is 16.8. The zero-order valence-electron chi connectivity index (χ0n) is 14.5. The molecule has 130 valence electrons. The molecule has 0 radical (unpaired) electrons. The van der Waals surface area contributed by atoms with Crippen LogP contribution in [0.4, 0.5) is 0 Å². The summed E-state index contributed by atoms with van der Waals surface area (Å²) in [4.78, 5) is 0. The highest BCUT2D eigenvalue weighted by Gasteiger charge is 2.26. The zero-order chi connectivity index (χ0) is 17.1. The van der Waals surface area contributed by atoms with E-state index in [2.05, 4.69) is 52.0 Å². The molecule has 2 heterocycles. The number of benzene rings is 1. The fraction of sp³-hybridized carbons (Fsp3) is 0.400. The van der Waals surface area contributed by atoms with Gasteiger partial charge in [-0.15, -0.1) is 10.2 Å². The van der Waals surface area contributed by atoms with Crippen LogP contribution in [0.15, 0.2) is 58.3 Å². The van der Waals surface area contributed by atoms with Crippen LogP contribution < -0.4 is 0 Å². The van der Waals surface area contributed by atoms with Gasteiger partial charge in [0.05, 0.1) is 6.26 Å². The van der Waals surface area contributed by atoms with Gasteiger partial charge >= 0.3 is 0 Å². The second-order valence-electron chi connectivity index (χ2n) is 6.62. The molecule has 4 rings (SSSR count). The SMILES string of the molecule is CC(Sc1nnc(-c2ccco2)n1C1CCCCC1)c1ccccc1. The van der Waals surface area contributed by atoms with Crippen molar-refractivity contribution in [3.8, 4) is 11.6 Å². The summed E-state index contributed by atoms with van der Waals surface area (Å²) in [6, 6.07) is 14.9. The molecule has 0 saturated heterocycles. The first-order chi connectivity index (χ1) is 12.3. The number of hydrogen-bond donors (Lipinski definition) is 0. The Hall–Kier alpha value is -2.01. The minimum absolute atomic E-state index is 0.331. The summed E-state index contributed by atoms with van der Waals surface area (Å²) in [6.45, 7) is 2.23. The number of nitrogens with zero attached hydrogens (tertiary/aromatic N) is 3. The van der Waals surface area contributed by atoms with Crippen LogP contribution in [0.5, 0.6) is 0 Å². The molecule has 0 N–H and O–H groups in total. The summed E-state index contributed by atoms with van der Waals surface area (Å²) >= 11 is 1.78. The highest BCUT2D eigenvalue weighted by molar-refractivity contribution is 7.99. The molecule has 0 spiro atoms. The molecule has 2 aromatic heterocycles. The molecule has 1 unspecified atom stereocenters. The van der Waals surface area contributed by atoms with E-state index in [1.54, 1.807) is 18.0 Å². The third-order valence-corrected chi connectivity index (χ3v) is 6.01. The summed E-state index contributed by atoms with van der Waals surface area (Å²) in [5, 5.41) is 10.3. The first kappa shape index (κ1) is 16.5. The molecule has 1 aliphatic carbocycles. The smallest absolute Gasteiger partial charge is 0.200 e. The molecule has 0 amide bonds. The third-order valence-electron chi connectivity index (χ3n) is 4.90. The molecule has 1 aromatic carbocycles. The second kappa shape index (κ2) is 7.48. The van der Waals surface area contributed by atoms with E-state index < -0.39 is 0 Å². The Bertz CT molecular complexity index is 792. The summed E-state index contributed by atoms with van der Waals surface area (Å²) < 4.78 is 7.94. The van der Waals surface area contributed by atoms with Crippen LogP contribution in [0.1, 0.15) is 55.9 Å². The van der Waals surface area contributed by atoms with Gasteiger partial charge in [-0.25, -0.2) is 0 Å². The largest absolute Gasteiger partial charge is 0.461 e. The molecule has 1 fully saturated rings. The number of rotatable bonds is 5. The maximum Gasteiger partial charge on any atom is 0.200 e. The van der Waals surface area contributed by atoms with Crippen LogP contribution in [0.3, 0.4) is 0 Å². The van der Waals surface area contributed by atoms with Gasteiger partial charge in [-0.1, -0.05) is 61.4 Å². The Morgan fingerprint density at radius 2 is 1.84 bits per heavy atom. The zero-order valence-corrected chi connectivity index (χ0v) is 15.3. The minimum atomic E-state index is 0.331. The van der Waals surface area contributed by atoms with Gasteiger partial charge in [-0.2, -0.15) is 0 Å². The summed E-state index contributed by atoms with van der Waals surface area (Å²) in [5.74, 6) is 1.66. The fourth-order valence-electron chi connectivity index (χ4n) is 3.55. The van der Waals surface area contributed by atoms with Gasteiger partial charge in [0, 0.05) is 11.3 Å². The van der Waals surface area contributed by atoms with E-state index in [0.717, 1.165) is 16.7 Å². The average Bonchev–Trinajstić information content (AvgIpc) is 3.32. The lowest BCUT2D eigenvalue weighted by molar-refractivity contribution is 0.337. The number of hydrogen-bond acceptors (Lipinski definition) is 4. The monoisotopic (exact) mass is 353 g/mol. The highest BCUT2D eigenvalue weighted by atomic mass is 32.2. The third kappa shape index (κ3) is 3.52. The van der Waals surface area contributed by atoms with Gasteiger partial charge in [0.15, 0.2) is 10.9 Å². The number of aromatic nitrogens is 3. The van der Waals surface area contributed by atoms with Gasteiger partial charge in [0.2, 0.25) is 5.82 Å². The van der Waals surface area contributed by atoms with E-state index in [0.29, 0.717) is 11.3 Å². The predicted octanol–water partition coefficient (Wildman–Crippen LogP) is 5.90. The van der Waals surface area contributed by atoms with Crippen LogP contribution in [0, 0.1) is 0 Å². The second-order valence-corrected chi connectivity index (χ2v) is 7.92. The fourth-order valence-corrected chi connectivity index (χ4v) is 4.60. The van der Waals surface area contributed by atoms with Gasteiger partial charge in [-0.3, -0.25) is 4.57 Å². The quantitative estimate of drug-likeness (QED) is 0.536. The maximum absolute atomic E-state index is 5.62. The van der Waals surface area contributed by atoms with Gasteiger partial charge < -0.3 is 4.42 Å². The molecule has 1 atom stereocenters. The van der Waals surface area contributed by atoms with Crippen LogP contribution in [0.2, 0.25) is 0 Å². The average molecular weight is 353 g/mol.